The van der Waals surface area contributed by atoms with Gasteiger partial charge in [0.1, 0.15) is 5.75 Å². The van der Waals surface area contributed by atoms with Crippen LogP contribution in [0.3, 0.4) is 0 Å². The van der Waals surface area contributed by atoms with Crippen LogP contribution in [0.1, 0.15) is 23.6 Å². The number of hydrogen-bond donors (Lipinski definition) is 2. The molecule has 0 saturated heterocycles. The van der Waals surface area contributed by atoms with Gasteiger partial charge in [-0.25, -0.2) is 0 Å². The van der Waals surface area contributed by atoms with Crippen LogP contribution in [0.25, 0.3) is 0 Å². The van der Waals surface area contributed by atoms with Crippen LogP contribution >= 0.6 is 24.0 Å². The molecule has 28 heavy (non-hydrogen) atoms. The zero-order valence-electron chi connectivity index (χ0n) is 16.4. The molecule has 2 aromatic carbocycles. The number of hydrogen-bond acceptors (Lipinski definition) is 3. The highest BCUT2D eigenvalue weighted by molar-refractivity contribution is 14.0. The van der Waals surface area contributed by atoms with E-state index in [1.807, 2.05) is 18.2 Å². The van der Waals surface area contributed by atoms with E-state index < -0.39 is 0 Å². The summed E-state index contributed by atoms with van der Waals surface area (Å²) in [5, 5.41) is 6.68. The second-order valence-electron chi connectivity index (χ2n) is 6.52. The number of nitrogens with zero attached hydrogens (tertiary/aromatic N) is 1. The van der Waals surface area contributed by atoms with E-state index in [-0.39, 0.29) is 24.0 Å². The fourth-order valence-electron chi connectivity index (χ4n) is 3.05. The van der Waals surface area contributed by atoms with Gasteiger partial charge in [-0.2, -0.15) is 0 Å². The second kappa shape index (κ2) is 12.6. The minimum atomic E-state index is 0. The minimum absolute atomic E-state index is 0. The standard InChI is InChI=1S/C22H29N3O2.HI/c1-2-23-22(25-13-15-26-17-19-6-4-3-5-7-19)24-12-10-18-8-9-21-20(16-18)11-14-27-21;/h3-9,16H,2,10-15,17H2,1H3,(H2,23,24,25);1H. The molecule has 3 rings (SSSR count). The molecule has 152 valence electrons. The monoisotopic (exact) mass is 495 g/mol. The van der Waals surface area contributed by atoms with Gasteiger partial charge >= 0.3 is 0 Å². The summed E-state index contributed by atoms with van der Waals surface area (Å²) in [5.74, 6) is 1.88. The molecule has 0 radical (unpaired) electrons. The lowest BCUT2D eigenvalue weighted by molar-refractivity contribution is 0.128. The third kappa shape index (κ3) is 7.31. The Morgan fingerprint density at radius 1 is 1.11 bits per heavy atom. The van der Waals surface area contributed by atoms with E-state index in [2.05, 4.69) is 52.9 Å². The van der Waals surface area contributed by atoms with Gasteiger partial charge in [-0.1, -0.05) is 42.5 Å². The number of aliphatic imine (C=N–C) groups is 1. The van der Waals surface area contributed by atoms with E-state index in [1.165, 1.54) is 16.7 Å². The van der Waals surface area contributed by atoms with Gasteiger partial charge in [-0.15, -0.1) is 24.0 Å². The van der Waals surface area contributed by atoms with Crippen molar-refractivity contribution in [1.29, 1.82) is 0 Å². The fraction of sp³-hybridized carbons (Fsp3) is 0.409. The minimum Gasteiger partial charge on any atom is -0.493 e. The average molecular weight is 495 g/mol. The van der Waals surface area contributed by atoms with Crippen molar-refractivity contribution in [2.45, 2.75) is 26.4 Å². The van der Waals surface area contributed by atoms with Crippen molar-refractivity contribution in [2.75, 3.05) is 32.8 Å². The molecule has 0 aliphatic carbocycles. The van der Waals surface area contributed by atoms with Crippen molar-refractivity contribution in [3.8, 4) is 5.75 Å². The van der Waals surface area contributed by atoms with Crippen molar-refractivity contribution in [1.82, 2.24) is 10.6 Å². The first kappa shape index (κ1) is 22.5. The van der Waals surface area contributed by atoms with Gasteiger partial charge in [-0.3, -0.25) is 4.99 Å². The number of nitrogens with one attached hydrogen (secondary N) is 2. The Morgan fingerprint density at radius 3 is 2.79 bits per heavy atom. The lowest BCUT2D eigenvalue weighted by Crippen LogP contribution is -2.38. The summed E-state index contributed by atoms with van der Waals surface area (Å²) in [6, 6.07) is 16.7. The molecule has 0 amide bonds. The Hall–Kier alpha value is -1.80. The summed E-state index contributed by atoms with van der Waals surface area (Å²) >= 11 is 0. The van der Waals surface area contributed by atoms with E-state index in [4.69, 9.17) is 9.47 Å². The van der Waals surface area contributed by atoms with E-state index >= 15 is 0 Å². The van der Waals surface area contributed by atoms with Gasteiger partial charge in [-0.05, 0) is 36.1 Å². The van der Waals surface area contributed by atoms with Crippen LogP contribution in [0.15, 0.2) is 53.5 Å². The molecule has 1 heterocycles. The van der Waals surface area contributed by atoms with Gasteiger partial charge in [0.25, 0.3) is 0 Å². The van der Waals surface area contributed by atoms with Crippen LogP contribution in [0.4, 0.5) is 0 Å². The summed E-state index contributed by atoms with van der Waals surface area (Å²) in [5.41, 5.74) is 3.84. The number of halogens is 1. The predicted molar refractivity (Wildman–Crippen MR) is 125 cm³/mol. The van der Waals surface area contributed by atoms with E-state index in [0.29, 0.717) is 19.8 Å². The van der Waals surface area contributed by atoms with E-state index in [1.54, 1.807) is 0 Å². The van der Waals surface area contributed by atoms with Gasteiger partial charge in [0.05, 0.1) is 26.4 Å². The van der Waals surface area contributed by atoms with Gasteiger partial charge < -0.3 is 20.1 Å². The van der Waals surface area contributed by atoms with Crippen LogP contribution in [0.5, 0.6) is 5.75 Å². The van der Waals surface area contributed by atoms with Crippen LogP contribution < -0.4 is 15.4 Å². The largest absolute Gasteiger partial charge is 0.493 e. The molecule has 1 aliphatic rings. The Morgan fingerprint density at radius 2 is 1.96 bits per heavy atom. The van der Waals surface area contributed by atoms with Crippen molar-refractivity contribution >= 4 is 29.9 Å². The van der Waals surface area contributed by atoms with Gasteiger partial charge in [0.15, 0.2) is 5.96 Å². The fourth-order valence-corrected chi connectivity index (χ4v) is 3.05. The SMILES string of the molecule is CCNC(=NCCOCc1ccccc1)NCCc1ccc2c(c1)CCO2.I. The molecule has 0 unspecified atom stereocenters. The van der Waals surface area contributed by atoms with Gasteiger partial charge in [0.2, 0.25) is 0 Å². The molecule has 0 aromatic heterocycles. The Bertz CT molecular complexity index is 738. The average Bonchev–Trinajstić information content (AvgIpc) is 3.16. The van der Waals surface area contributed by atoms with Crippen LogP contribution in [0.2, 0.25) is 0 Å². The smallest absolute Gasteiger partial charge is 0.191 e. The molecule has 0 atom stereocenters. The lowest BCUT2D eigenvalue weighted by Gasteiger charge is -2.12. The van der Waals surface area contributed by atoms with Crippen LogP contribution in [-0.4, -0.2) is 38.8 Å². The summed E-state index contributed by atoms with van der Waals surface area (Å²) in [4.78, 5) is 4.58. The number of ether oxygens (including phenoxy) is 2. The van der Waals surface area contributed by atoms with Crippen LogP contribution in [-0.2, 0) is 24.2 Å². The van der Waals surface area contributed by atoms with E-state index in [9.17, 15) is 0 Å². The van der Waals surface area contributed by atoms with Crippen molar-refractivity contribution in [3.05, 3.63) is 65.2 Å². The quantitative estimate of drug-likeness (QED) is 0.242. The number of rotatable bonds is 9. The highest BCUT2D eigenvalue weighted by Gasteiger charge is 2.11. The molecule has 2 N–H and O–H groups in total. The first-order valence-corrected chi connectivity index (χ1v) is 9.73. The molecular formula is C22H30IN3O2. The highest BCUT2D eigenvalue weighted by atomic mass is 127. The lowest BCUT2D eigenvalue weighted by atomic mass is 10.1. The molecule has 0 bridgehead atoms. The maximum Gasteiger partial charge on any atom is 0.191 e. The number of fused-ring (bicyclic) bond motifs is 1. The molecule has 0 spiro atoms. The maximum absolute atomic E-state index is 5.69. The van der Waals surface area contributed by atoms with E-state index in [0.717, 1.165) is 44.2 Å². The number of benzene rings is 2. The van der Waals surface area contributed by atoms with Gasteiger partial charge in [0, 0.05) is 19.5 Å². The topological polar surface area (TPSA) is 54.9 Å². The Kier molecular flexibility index (Phi) is 10.1. The molecule has 0 fully saturated rings. The second-order valence-corrected chi connectivity index (χ2v) is 6.52. The van der Waals surface area contributed by atoms with Crippen LogP contribution in [0, 0.1) is 0 Å². The van der Waals surface area contributed by atoms with Crippen molar-refractivity contribution in [2.24, 2.45) is 4.99 Å². The highest BCUT2D eigenvalue weighted by Crippen LogP contribution is 2.25. The van der Waals surface area contributed by atoms with Crippen molar-refractivity contribution in [3.63, 3.8) is 0 Å². The first-order valence-electron chi connectivity index (χ1n) is 9.73. The molecular weight excluding hydrogens is 465 g/mol. The summed E-state index contributed by atoms with van der Waals surface area (Å²) in [7, 11) is 0. The third-order valence-corrected chi connectivity index (χ3v) is 4.42. The Labute approximate surface area is 184 Å². The zero-order valence-corrected chi connectivity index (χ0v) is 18.8. The molecule has 6 heteroatoms. The molecule has 5 nitrogen and oxygen atoms in total. The summed E-state index contributed by atoms with van der Waals surface area (Å²) < 4.78 is 11.3. The third-order valence-electron chi connectivity index (χ3n) is 4.42. The first-order chi connectivity index (χ1) is 13.3. The zero-order chi connectivity index (χ0) is 18.7. The predicted octanol–water partition coefficient (Wildman–Crippen LogP) is 3.55. The van der Waals surface area contributed by atoms with Crippen molar-refractivity contribution < 1.29 is 9.47 Å². The molecule has 2 aromatic rings. The summed E-state index contributed by atoms with van der Waals surface area (Å²) in [6.07, 6.45) is 1.98. The summed E-state index contributed by atoms with van der Waals surface area (Å²) in [6.45, 7) is 6.43. The maximum atomic E-state index is 5.69. The Balaban J connectivity index is 0.00000280. The normalized spacial score (nSPS) is 12.7. The number of guanidine groups is 1. The molecule has 1 aliphatic heterocycles. The molecule has 0 saturated carbocycles.